The Kier molecular flexibility index (Phi) is 5.46. The third-order valence-electron chi connectivity index (χ3n) is 10.0. The van der Waals surface area contributed by atoms with E-state index in [0.29, 0.717) is 0 Å². The summed E-state index contributed by atoms with van der Waals surface area (Å²) in [5, 5.41) is 9.85. The number of hydrogen-bond acceptors (Lipinski definition) is 1. The Hall–Kier alpha value is -5.53. The quantitative estimate of drug-likeness (QED) is 0.188. The number of fused-ring (bicyclic) bond motifs is 8. The first-order valence-electron chi connectivity index (χ1n) is 15.6. The Bertz CT molecular complexity index is 2360. The zero-order chi connectivity index (χ0) is 30.3. The SMILES string of the molecule is CC1(C)c2ccc(-c3ccc4ccc5ccccc5c4c3)cc2C(=O)c2cc(-c3ccc4ccc5ccccc5c4c3)ccc21. The minimum atomic E-state index is -0.297. The van der Waals surface area contributed by atoms with E-state index in [4.69, 9.17) is 0 Å². The maximum absolute atomic E-state index is 14.3. The molecule has 8 aromatic rings. The minimum Gasteiger partial charge on any atom is -0.289 e. The van der Waals surface area contributed by atoms with Crippen LogP contribution in [-0.2, 0) is 5.41 Å². The van der Waals surface area contributed by atoms with Crippen molar-refractivity contribution in [3.8, 4) is 22.3 Å². The number of carbonyl (C=O) groups is 1. The molecule has 0 unspecified atom stereocenters. The van der Waals surface area contributed by atoms with Crippen LogP contribution >= 0.6 is 0 Å². The van der Waals surface area contributed by atoms with Crippen LogP contribution < -0.4 is 0 Å². The normalized spacial score (nSPS) is 13.8. The highest BCUT2D eigenvalue weighted by molar-refractivity contribution is 6.15. The fourth-order valence-corrected chi connectivity index (χ4v) is 7.57. The van der Waals surface area contributed by atoms with Crippen LogP contribution in [0, 0.1) is 0 Å². The van der Waals surface area contributed by atoms with Crippen molar-refractivity contribution >= 4 is 48.9 Å². The summed E-state index contributed by atoms with van der Waals surface area (Å²) in [7, 11) is 0. The van der Waals surface area contributed by atoms with Crippen molar-refractivity contribution in [2.24, 2.45) is 0 Å². The van der Waals surface area contributed by atoms with Gasteiger partial charge in [-0.3, -0.25) is 4.79 Å². The van der Waals surface area contributed by atoms with Crippen LogP contribution in [0.3, 0.4) is 0 Å². The third kappa shape index (κ3) is 3.90. The first-order valence-corrected chi connectivity index (χ1v) is 15.6. The van der Waals surface area contributed by atoms with Crippen molar-refractivity contribution in [3.05, 3.63) is 168 Å². The lowest BCUT2D eigenvalue weighted by molar-refractivity contribution is 0.103. The molecule has 0 aromatic heterocycles. The Morgan fingerprint density at radius 1 is 0.378 bits per heavy atom. The highest BCUT2D eigenvalue weighted by Crippen LogP contribution is 2.44. The lowest BCUT2D eigenvalue weighted by atomic mass is 9.67. The van der Waals surface area contributed by atoms with Crippen molar-refractivity contribution in [1.29, 1.82) is 0 Å². The molecule has 8 aromatic carbocycles. The summed E-state index contributed by atoms with van der Waals surface area (Å²) in [5.74, 6) is 0.0977. The largest absolute Gasteiger partial charge is 0.289 e. The molecule has 45 heavy (non-hydrogen) atoms. The van der Waals surface area contributed by atoms with E-state index in [1.165, 1.54) is 43.1 Å². The van der Waals surface area contributed by atoms with Crippen molar-refractivity contribution in [1.82, 2.24) is 0 Å². The van der Waals surface area contributed by atoms with Crippen LogP contribution in [-0.4, -0.2) is 5.78 Å². The Labute approximate surface area is 262 Å². The molecule has 1 aliphatic carbocycles. The average molecular weight is 575 g/mol. The highest BCUT2D eigenvalue weighted by Gasteiger charge is 2.37. The molecule has 0 radical (unpaired) electrons. The average Bonchev–Trinajstić information content (AvgIpc) is 3.09. The summed E-state index contributed by atoms with van der Waals surface area (Å²) >= 11 is 0. The Balaban J connectivity index is 1.16. The first-order chi connectivity index (χ1) is 22.0. The standard InChI is InChI=1S/C44H30O/c1-44(2)41-21-19-33(31-17-15-29-13-11-27-7-3-5-9-35(27)37(29)23-31)25-39(41)43(45)40-26-34(20-22-42(40)44)32-18-16-30-14-12-28-8-4-6-10-36(28)38(30)24-32/h3-26H,1-2H3. The predicted molar refractivity (Wildman–Crippen MR) is 189 cm³/mol. The van der Waals surface area contributed by atoms with Crippen molar-refractivity contribution < 1.29 is 4.79 Å². The van der Waals surface area contributed by atoms with Gasteiger partial charge < -0.3 is 0 Å². The second-order valence-electron chi connectivity index (χ2n) is 12.9. The maximum atomic E-state index is 14.3. The fourth-order valence-electron chi connectivity index (χ4n) is 7.57. The zero-order valence-electron chi connectivity index (χ0n) is 25.3. The molecule has 1 aliphatic rings. The van der Waals surface area contributed by atoms with Crippen molar-refractivity contribution in [2.75, 3.05) is 0 Å². The molecule has 9 rings (SSSR count). The molecule has 1 heteroatoms. The second-order valence-corrected chi connectivity index (χ2v) is 12.9. The van der Waals surface area contributed by atoms with E-state index in [2.05, 4.69) is 159 Å². The zero-order valence-corrected chi connectivity index (χ0v) is 25.3. The van der Waals surface area contributed by atoms with Gasteiger partial charge in [-0.15, -0.1) is 0 Å². The molecule has 212 valence electrons. The maximum Gasteiger partial charge on any atom is 0.193 e. The van der Waals surface area contributed by atoms with E-state index < -0.39 is 0 Å². The van der Waals surface area contributed by atoms with E-state index in [9.17, 15) is 4.79 Å². The van der Waals surface area contributed by atoms with Gasteiger partial charge in [-0.05, 0) is 101 Å². The van der Waals surface area contributed by atoms with E-state index in [0.717, 1.165) is 44.5 Å². The molecule has 0 bridgehead atoms. The molecule has 0 atom stereocenters. The topological polar surface area (TPSA) is 17.1 Å². The van der Waals surface area contributed by atoms with Crippen molar-refractivity contribution in [3.63, 3.8) is 0 Å². The smallest absolute Gasteiger partial charge is 0.193 e. The van der Waals surface area contributed by atoms with Crippen LogP contribution in [0.1, 0.15) is 40.9 Å². The molecule has 0 aliphatic heterocycles. The molecule has 1 nitrogen and oxygen atoms in total. The van der Waals surface area contributed by atoms with Gasteiger partial charge in [0.25, 0.3) is 0 Å². The first kappa shape index (κ1) is 25.9. The third-order valence-corrected chi connectivity index (χ3v) is 10.0. The van der Waals surface area contributed by atoms with E-state index in [-0.39, 0.29) is 11.2 Å². The number of carbonyl (C=O) groups excluding carboxylic acids is 1. The van der Waals surface area contributed by atoms with Gasteiger partial charge in [-0.25, -0.2) is 0 Å². The van der Waals surface area contributed by atoms with Gasteiger partial charge >= 0.3 is 0 Å². The van der Waals surface area contributed by atoms with Gasteiger partial charge in [0, 0.05) is 16.5 Å². The summed E-state index contributed by atoms with van der Waals surface area (Å²) in [6.45, 7) is 4.47. The number of benzene rings is 8. The van der Waals surface area contributed by atoms with E-state index >= 15 is 0 Å². The van der Waals surface area contributed by atoms with Crippen LogP contribution in [0.5, 0.6) is 0 Å². The Morgan fingerprint density at radius 3 is 1.20 bits per heavy atom. The molecule has 0 heterocycles. The minimum absolute atomic E-state index is 0.0977. The van der Waals surface area contributed by atoms with Gasteiger partial charge in [0.2, 0.25) is 0 Å². The lowest BCUT2D eigenvalue weighted by Gasteiger charge is -2.35. The lowest BCUT2D eigenvalue weighted by Crippen LogP contribution is -2.30. The van der Waals surface area contributed by atoms with Crippen LogP contribution in [0.2, 0.25) is 0 Å². The van der Waals surface area contributed by atoms with Gasteiger partial charge in [-0.1, -0.05) is 135 Å². The van der Waals surface area contributed by atoms with Gasteiger partial charge in [0.05, 0.1) is 0 Å². The molecular weight excluding hydrogens is 544 g/mol. The summed E-state index contributed by atoms with van der Waals surface area (Å²) in [6.07, 6.45) is 0. The number of rotatable bonds is 2. The van der Waals surface area contributed by atoms with Crippen LogP contribution in [0.15, 0.2) is 146 Å². The second kappa shape index (κ2) is 9.48. The molecule has 0 fully saturated rings. The van der Waals surface area contributed by atoms with Crippen LogP contribution in [0.25, 0.3) is 65.3 Å². The van der Waals surface area contributed by atoms with Crippen molar-refractivity contribution in [2.45, 2.75) is 19.3 Å². The molecule has 0 spiro atoms. The summed E-state index contributed by atoms with van der Waals surface area (Å²) in [6, 6.07) is 52.0. The molecule has 0 saturated carbocycles. The number of ketones is 1. The van der Waals surface area contributed by atoms with Crippen LogP contribution in [0.4, 0.5) is 0 Å². The van der Waals surface area contributed by atoms with E-state index in [1.54, 1.807) is 0 Å². The van der Waals surface area contributed by atoms with Gasteiger partial charge in [0.1, 0.15) is 0 Å². The highest BCUT2D eigenvalue weighted by atomic mass is 16.1. The predicted octanol–water partition coefficient (Wildman–Crippen LogP) is 11.5. The fraction of sp³-hybridized carbons (Fsp3) is 0.0682. The van der Waals surface area contributed by atoms with E-state index in [1.807, 2.05) is 0 Å². The van der Waals surface area contributed by atoms with Gasteiger partial charge in [-0.2, -0.15) is 0 Å². The summed E-state index contributed by atoms with van der Waals surface area (Å²) in [5.41, 5.74) is 7.83. The number of hydrogen-bond donors (Lipinski definition) is 0. The summed E-state index contributed by atoms with van der Waals surface area (Å²) in [4.78, 5) is 14.3. The monoisotopic (exact) mass is 574 g/mol. The molecule has 0 N–H and O–H groups in total. The Morgan fingerprint density at radius 2 is 0.733 bits per heavy atom. The molecular formula is C44H30O. The molecule has 0 amide bonds. The molecule has 0 saturated heterocycles. The van der Waals surface area contributed by atoms with Gasteiger partial charge in [0.15, 0.2) is 5.78 Å². The summed E-state index contributed by atoms with van der Waals surface area (Å²) < 4.78 is 0.